The number of hydrogen-bond donors (Lipinski definition) is 2. The zero-order valence-electron chi connectivity index (χ0n) is 12.5. The summed E-state index contributed by atoms with van der Waals surface area (Å²) in [6.07, 6.45) is 4.27. The quantitative estimate of drug-likeness (QED) is 0.879. The molecule has 0 aromatic heterocycles. The maximum absolute atomic E-state index is 12.2. The van der Waals surface area contributed by atoms with Gasteiger partial charge in [0.15, 0.2) is 0 Å². The van der Waals surface area contributed by atoms with Crippen LogP contribution in [-0.2, 0) is 4.79 Å². The molecule has 1 aliphatic carbocycles. The Morgan fingerprint density at radius 3 is 2.71 bits per heavy atom. The fourth-order valence-electron chi connectivity index (χ4n) is 2.92. The Morgan fingerprint density at radius 1 is 1.38 bits per heavy atom. The molecule has 1 fully saturated rings. The van der Waals surface area contributed by atoms with Crippen molar-refractivity contribution in [3.05, 3.63) is 29.3 Å². The highest BCUT2D eigenvalue weighted by molar-refractivity contribution is 6.30. The van der Waals surface area contributed by atoms with E-state index in [4.69, 9.17) is 17.3 Å². The van der Waals surface area contributed by atoms with E-state index in [9.17, 15) is 4.79 Å². The van der Waals surface area contributed by atoms with Gasteiger partial charge in [-0.2, -0.15) is 0 Å². The molecule has 1 saturated carbocycles. The van der Waals surface area contributed by atoms with Crippen LogP contribution in [0.4, 0.5) is 5.69 Å². The largest absolute Gasteiger partial charge is 0.328 e. The van der Waals surface area contributed by atoms with Crippen LogP contribution in [0.1, 0.15) is 32.6 Å². The first kappa shape index (κ1) is 16.3. The summed E-state index contributed by atoms with van der Waals surface area (Å²) in [6, 6.07) is 8.04. The summed E-state index contributed by atoms with van der Waals surface area (Å²) >= 11 is 5.92. The van der Waals surface area contributed by atoms with E-state index < -0.39 is 0 Å². The number of likely N-dealkylation sites (N-methyl/N-ethyl adjacent to an activating group) is 1. The van der Waals surface area contributed by atoms with Crippen LogP contribution in [0.2, 0.25) is 5.02 Å². The molecule has 5 heteroatoms. The van der Waals surface area contributed by atoms with E-state index in [-0.39, 0.29) is 5.91 Å². The number of anilines is 1. The molecule has 0 saturated heterocycles. The first-order valence-electron chi connectivity index (χ1n) is 7.63. The molecular weight excluding hydrogens is 286 g/mol. The third kappa shape index (κ3) is 4.99. The maximum Gasteiger partial charge on any atom is 0.238 e. The lowest BCUT2D eigenvalue weighted by atomic mass is 9.91. The second-order valence-electron chi connectivity index (χ2n) is 5.69. The number of nitrogens with one attached hydrogen (secondary N) is 1. The second kappa shape index (κ2) is 7.78. The van der Waals surface area contributed by atoms with Crippen LogP contribution >= 0.6 is 11.6 Å². The zero-order chi connectivity index (χ0) is 15.2. The molecule has 1 aliphatic rings. The SMILES string of the molecule is CCN(CC(=O)Nc1cccc(Cl)c1)C1CCC(N)CC1. The normalized spacial score (nSPS) is 22.3. The first-order valence-corrected chi connectivity index (χ1v) is 8.01. The highest BCUT2D eigenvalue weighted by atomic mass is 35.5. The van der Waals surface area contributed by atoms with Gasteiger partial charge < -0.3 is 11.1 Å². The van der Waals surface area contributed by atoms with Crippen molar-refractivity contribution in [1.82, 2.24) is 4.90 Å². The summed E-state index contributed by atoms with van der Waals surface area (Å²) in [4.78, 5) is 14.4. The van der Waals surface area contributed by atoms with Gasteiger partial charge in [-0.3, -0.25) is 9.69 Å². The Labute approximate surface area is 131 Å². The van der Waals surface area contributed by atoms with Crippen molar-refractivity contribution in [2.75, 3.05) is 18.4 Å². The van der Waals surface area contributed by atoms with Crippen molar-refractivity contribution < 1.29 is 4.79 Å². The van der Waals surface area contributed by atoms with Crippen molar-refractivity contribution in [3.8, 4) is 0 Å². The van der Waals surface area contributed by atoms with Crippen LogP contribution in [0.25, 0.3) is 0 Å². The molecule has 1 amide bonds. The Balaban J connectivity index is 1.87. The second-order valence-corrected chi connectivity index (χ2v) is 6.13. The van der Waals surface area contributed by atoms with E-state index >= 15 is 0 Å². The Morgan fingerprint density at radius 2 is 2.10 bits per heavy atom. The minimum absolute atomic E-state index is 0.00832. The maximum atomic E-state index is 12.2. The van der Waals surface area contributed by atoms with Crippen LogP contribution in [0, 0.1) is 0 Å². The lowest BCUT2D eigenvalue weighted by Gasteiger charge is -2.34. The van der Waals surface area contributed by atoms with Gasteiger partial charge in [-0.25, -0.2) is 0 Å². The van der Waals surface area contributed by atoms with Crippen molar-refractivity contribution >= 4 is 23.2 Å². The van der Waals surface area contributed by atoms with Gasteiger partial charge in [0.2, 0.25) is 5.91 Å². The predicted molar refractivity (Wildman–Crippen MR) is 87.6 cm³/mol. The number of nitrogens with zero attached hydrogens (tertiary/aromatic N) is 1. The van der Waals surface area contributed by atoms with Gasteiger partial charge in [-0.15, -0.1) is 0 Å². The standard InChI is InChI=1S/C16H24ClN3O/c1-2-20(15-8-6-13(18)7-9-15)11-16(21)19-14-5-3-4-12(17)10-14/h3-5,10,13,15H,2,6-9,11,18H2,1H3,(H,19,21). The molecule has 1 aromatic carbocycles. The van der Waals surface area contributed by atoms with Gasteiger partial charge in [0.25, 0.3) is 0 Å². The van der Waals surface area contributed by atoms with Crippen LogP contribution in [0.15, 0.2) is 24.3 Å². The fraction of sp³-hybridized carbons (Fsp3) is 0.562. The Hall–Kier alpha value is -1.10. The van der Waals surface area contributed by atoms with E-state index in [1.165, 1.54) is 0 Å². The Kier molecular flexibility index (Phi) is 6.03. The number of rotatable bonds is 5. The van der Waals surface area contributed by atoms with Crippen molar-refractivity contribution in [2.45, 2.75) is 44.7 Å². The predicted octanol–water partition coefficient (Wildman–Crippen LogP) is 2.87. The molecule has 4 nitrogen and oxygen atoms in total. The molecule has 0 unspecified atom stereocenters. The summed E-state index contributed by atoms with van der Waals surface area (Å²) in [5.41, 5.74) is 6.69. The number of halogens is 1. The lowest BCUT2D eigenvalue weighted by Crippen LogP contribution is -2.44. The average Bonchev–Trinajstić information content (AvgIpc) is 2.46. The molecule has 0 radical (unpaired) electrons. The lowest BCUT2D eigenvalue weighted by molar-refractivity contribution is -0.118. The minimum atomic E-state index is 0.00832. The van der Waals surface area contributed by atoms with Gasteiger partial charge in [0.1, 0.15) is 0 Å². The molecule has 0 heterocycles. The third-order valence-electron chi connectivity index (χ3n) is 4.12. The summed E-state index contributed by atoms with van der Waals surface area (Å²) in [6.45, 7) is 3.40. The fourth-order valence-corrected chi connectivity index (χ4v) is 3.11. The van der Waals surface area contributed by atoms with E-state index in [2.05, 4.69) is 17.1 Å². The van der Waals surface area contributed by atoms with E-state index in [1.807, 2.05) is 12.1 Å². The monoisotopic (exact) mass is 309 g/mol. The van der Waals surface area contributed by atoms with Gasteiger partial charge in [-0.1, -0.05) is 24.6 Å². The van der Waals surface area contributed by atoms with Crippen molar-refractivity contribution in [1.29, 1.82) is 0 Å². The van der Waals surface area contributed by atoms with E-state index in [1.54, 1.807) is 12.1 Å². The number of benzene rings is 1. The van der Waals surface area contributed by atoms with Gasteiger partial charge in [0, 0.05) is 22.8 Å². The van der Waals surface area contributed by atoms with Crippen LogP contribution < -0.4 is 11.1 Å². The molecule has 0 atom stereocenters. The summed E-state index contributed by atoms with van der Waals surface area (Å²) in [7, 11) is 0. The van der Waals surface area contributed by atoms with Crippen LogP contribution in [0.3, 0.4) is 0 Å². The van der Waals surface area contributed by atoms with Gasteiger partial charge >= 0.3 is 0 Å². The number of amides is 1. The highest BCUT2D eigenvalue weighted by Crippen LogP contribution is 2.22. The number of carbonyl (C=O) groups excluding carboxylic acids is 1. The first-order chi connectivity index (χ1) is 10.1. The highest BCUT2D eigenvalue weighted by Gasteiger charge is 2.24. The average molecular weight is 310 g/mol. The topological polar surface area (TPSA) is 58.4 Å². The summed E-state index contributed by atoms with van der Waals surface area (Å²) in [5.74, 6) is 0.00832. The van der Waals surface area contributed by atoms with Crippen LogP contribution in [0.5, 0.6) is 0 Å². The third-order valence-corrected chi connectivity index (χ3v) is 4.35. The van der Waals surface area contributed by atoms with Crippen molar-refractivity contribution in [2.24, 2.45) is 5.73 Å². The number of hydrogen-bond acceptors (Lipinski definition) is 3. The number of carbonyl (C=O) groups is 1. The van der Waals surface area contributed by atoms with Crippen LogP contribution in [-0.4, -0.2) is 36.0 Å². The molecule has 21 heavy (non-hydrogen) atoms. The molecule has 0 aliphatic heterocycles. The minimum Gasteiger partial charge on any atom is -0.328 e. The Bertz CT molecular complexity index is 472. The molecular formula is C16H24ClN3O. The van der Waals surface area contributed by atoms with E-state index in [0.717, 1.165) is 37.9 Å². The molecule has 0 spiro atoms. The summed E-state index contributed by atoms with van der Waals surface area (Å²) in [5, 5.41) is 3.53. The molecule has 0 bridgehead atoms. The zero-order valence-corrected chi connectivity index (χ0v) is 13.3. The molecule has 1 aromatic rings. The van der Waals surface area contributed by atoms with Gasteiger partial charge in [0.05, 0.1) is 6.54 Å². The summed E-state index contributed by atoms with van der Waals surface area (Å²) < 4.78 is 0. The van der Waals surface area contributed by atoms with Gasteiger partial charge in [-0.05, 0) is 50.4 Å². The number of nitrogens with two attached hydrogens (primary N) is 1. The molecule has 116 valence electrons. The molecule has 3 N–H and O–H groups in total. The molecule has 2 rings (SSSR count). The smallest absolute Gasteiger partial charge is 0.238 e. The van der Waals surface area contributed by atoms with E-state index in [0.29, 0.717) is 23.7 Å². The van der Waals surface area contributed by atoms with Crippen molar-refractivity contribution in [3.63, 3.8) is 0 Å².